The van der Waals surface area contributed by atoms with Crippen molar-refractivity contribution in [2.75, 3.05) is 0 Å². The van der Waals surface area contributed by atoms with Gasteiger partial charge >= 0.3 is 7.12 Å². The standard InChI is InChI=1S/C22H40BNO2SSi2/c1-21(2)17-13-18(21)22(3)19(14-17)25-23(26-22)20(12-16-10-11-27-15-16)24(28(4,5)6)29(7,8)9/h10-11,15,17-20H,12-14H2,1-9H3/t17-,18-,19+,20-,22-/m0/s1. The highest BCUT2D eigenvalue weighted by Gasteiger charge is 2.69. The van der Waals surface area contributed by atoms with Crippen molar-refractivity contribution in [2.45, 2.75) is 97.0 Å². The molecule has 5 atom stereocenters. The second kappa shape index (κ2) is 7.04. The Morgan fingerprint density at radius 3 is 2.31 bits per heavy atom. The van der Waals surface area contributed by atoms with Crippen LogP contribution in [0.1, 0.15) is 39.2 Å². The molecule has 162 valence electrons. The van der Waals surface area contributed by atoms with Crippen LogP contribution in [0.4, 0.5) is 0 Å². The normalized spacial score (nSPS) is 34.8. The van der Waals surface area contributed by atoms with Gasteiger partial charge in [0.15, 0.2) is 0 Å². The summed E-state index contributed by atoms with van der Waals surface area (Å²) >= 11 is 1.80. The molecule has 2 bridgehead atoms. The summed E-state index contributed by atoms with van der Waals surface area (Å²) in [6.07, 6.45) is 3.78. The lowest BCUT2D eigenvalue weighted by Gasteiger charge is -2.64. The summed E-state index contributed by atoms with van der Waals surface area (Å²) in [4.78, 5) is 0. The van der Waals surface area contributed by atoms with E-state index in [2.05, 4.69) is 81.1 Å². The third-order valence-corrected chi connectivity index (χ3v) is 16.4. The average molecular weight is 450 g/mol. The van der Waals surface area contributed by atoms with E-state index < -0.39 is 16.5 Å². The van der Waals surface area contributed by atoms with Crippen LogP contribution in [-0.4, -0.2) is 45.5 Å². The lowest BCUT2D eigenvalue weighted by molar-refractivity contribution is -0.199. The first-order valence-electron chi connectivity index (χ1n) is 11.4. The van der Waals surface area contributed by atoms with Crippen molar-refractivity contribution in [3.8, 4) is 0 Å². The van der Waals surface area contributed by atoms with Crippen LogP contribution < -0.4 is 0 Å². The minimum Gasteiger partial charge on any atom is -0.404 e. The average Bonchev–Trinajstić information content (AvgIpc) is 3.17. The quantitative estimate of drug-likeness (QED) is 0.505. The molecular weight excluding hydrogens is 409 g/mol. The molecule has 1 saturated heterocycles. The molecule has 4 aliphatic rings. The topological polar surface area (TPSA) is 21.7 Å². The molecule has 3 aliphatic carbocycles. The van der Waals surface area contributed by atoms with Crippen molar-refractivity contribution >= 4 is 34.9 Å². The summed E-state index contributed by atoms with van der Waals surface area (Å²) in [5, 5.41) is 4.51. The molecule has 0 aromatic carbocycles. The van der Waals surface area contributed by atoms with E-state index in [1.165, 1.54) is 18.4 Å². The zero-order valence-corrected chi connectivity index (χ0v) is 22.7. The molecular formula is C22H40BNO2SSi2. The maximum absolute atomic E-state index is 7.00. The molecule has 5 rings (SSSR count). The van der Waals surface area contributed by atoms with Crippen LogP contribution in [-0.2, 0) is 15.7 Å². The fourth-order valence-corrected chi connectivity index (χ4v) is 18.2. The second-order valence-corrected chi connectivity index (χ2v) is 23.3. The van der Waals surface area contributed by atoms with Crippen molar-refractivity contribution < 1.29 is 9.31 Å². The van der Waals surface area contributed by atoms with Gasteiger partial charge in [0.25, 0.3) is 0 Å². The highest BCUT2D eigenvalue weighted by Crippen LogP contribution is 2.65. The molecule has 29 heavy (non-hydrogen) atoms. The summed E-state index contributed by atoms with van der Waals surface area (Å²) < 4.78 is 16.7. The first-order valence-corrected chi connectivity index (χ1v) is 19.2. The molecule has 1 aromatic rings. The van der Waals surface area contributed by atoms with Crippen molar-refractivity contribution in [3.63, 3.8) is 0 Å². The van der Waals surface area contributed by atoms with E-state index in [1.54, 1.807) is 11.3 Å². The Bertz CT molecular complexity index is 731. The first kappa shape index (κ1) is 22.3. The zero-order valence-electron chi connectivity index (χ0n) is 19.9. The predicted octanol–water partition coefficient (Wildman–Crippen LogP) is 5.90. The molecule has 1 aliphatic heterocycles. The SMILES string of the molecule is CC1(C)[C@@H]2C[C@H]3OB([C@H](Cc4ccsc4)N([Si](C)(C)C)[Si](C)(C)C)O[C@@]3(C)[C@H]1C2. The molecule has 3 saturated carbocycles. The number of nitrogens with zero attached hydrogens (tertiary/aromatic N) is 1. The van der Waals surface area contributed by atoms with Gasteiger partial charge in [-0.2, -0.15) is 11.3 Å². The second-order valence-electron chi connectivity index (χ2n) is 12.5. The van der Waals surface area contributed by atoms with Crippen LogP contribution in [0, 0.1) is 17.3 Å². The van der Waals surface area contributed by atoms with Gasteiger partial charge in [-0.05, 0) is 65.8 Å². The van der Waals surface area contributed by atoms with Gasteiger partial charge in [-0.1, -0.05) is 53.1 Å². The van der Waals surface area contributed by atoms with E-state index in [9.17, 15) is 0 Å². The maximum Gasteiger partial charge on any atom is 0.475 e. The maximum atomic E-state index is 7.00. The van der Waals surface area contributed by atoms with Gasteiger partial charge in [-0.15, -0.1) is 0 Å². The summed E-state index contributed by atoms with van der Waals surface area (Å²) in [6.45, 7) is 22.2. The predicted molar refractivity (Wildman–Crippen MR) is 130 cm³/mol. The number of hydrogen-bond donors (Lipinski definition) is 0. The van der Waals surface area contributed by atoms with Gasteiger partial charge in [0, 0.05) is 5.94 Å². The van der Waals surface area contributed by atoms with Gasteiger partial charge in [-0.25, -0.2) is 0 Å². The molecule has 0 N–H and O–H groups in total. The van der Waals surface area contributed by atoms with Crippen molar-refractivity contribution in [1.82, 2.24) is 4.23 Å². The number of hydrogen-bond acceptors (Lipinski definition) is 4. The molecule has 0 unspecified atom stereocenters. The molecule has 3 nitrogen and oxygen atoms in total. The Balaban J connectivity index is 1.67. The Hall–Kier alpha value is 0.0787. The van der Waals surface area contributed by atoms with Crippen LogP contribution in [0.5, 0.6) is 0 Å². The lowest BCUT2D eigenvalue weighted by Crippen LogP contribution is -2.68. The molecule has 4 fully saturated rings. The molecule has 1 aromatic heterocycles. The Morgan fingerprint density at radius 2 is 1.79 bits per heavy atom. The monoisotopic (exact) mass is 449 g/mol. The largest absolute Gasteiger partial charge is 0.475 e. The van der Waals surface area contributed by atoms with Gasteiger partial charge in [0.1, 0.15) is 16.5 Å². The lowest BCUT2D eigenvalue weighted by atomic mass is 9.43. The summed E-state index contributed by atoms with van der Waals surface area (Å²) in [6, 6.07) is 2.29. The van der Waals surface area contributed by atoms with E-state index in [0.717, 1.165) is 12.3 Å². The Kier molecular flexibility index (Phi) is 5.41. The highest BCUT2D eigenvalue weighted by atomic mass is 32.1. The van der Waals surface area contributed by atoms with E-state index in [4.69, 9.17) is 9.31 Å². The van der Waals surface area contributed by atoms with E-state index >= 15 is 0 Å². The van der Waals surface area contributed by atoms with Gasteiger partial charge in [0.2, 0.25) is 0 Å². The van der Waals surface area contributed by atoms with Crippen LogP contribution in [0.15, 0.2) is 16.8 Å². The van der Waals surface area contributed by atoms with Crippen LogP contribution in [0.2, 0.25) is 39.3 Å². The Labute approximate surface area is 184 Å². The number of rotatable bonds is 6. The highest BCUT2D eigenvalue weighted by molar-refractivity contribution is 7.08. The summed E-state index contributed by atoms with van der Waals surface area (Å²) in [7, 11) is -3.22. The fraction of sp³-hybridized carbons (Fsp3) is 0.818. The van der Waals surface area contributed by atoms with Crippen LogP contribution in [0.3, 0.4) is 0 Å². The fourth-order valence-electron chi connectivity index (χ4n) is 7.02. The van der Waals surface area contributed by atoms with Gasteiger partial charge in [0.05, 0.1) is 11.7 Å². The van der Waals surface area contributed by atoms with Crippen LogP contribution >= 0.6 is 11.3 Å². The smallest absolute Gasteiger partial charge is 0.404 e. The van der Waals surface area contributed by atoms with E-state index in [1.807, 2.05) is 0 Å². The van der Waals surface area contributed by atoms with Crippen molar-refractivity contribution in [3.05, 3.63) is 22.4 Å². The van der Waals surface area contributed by atoms with Gasteiger partial charge < -0.3 is 13.5 Å². The summed E-state index contributed by atoms with van der Waals surface area (Å²) in [5.74, 6) is 1.73. The van der Waals surface area contributed by atoms with Gasteiger partial charge in [-0.3, -0.25) is 0 Å². The molecule has 0 amide bonds. The van der Waals surface area contributed by atoms with Crippen molar-refractivity contribution in [1.29, 1.82) is 0 Å². The first-order chi connectivity index (χ1) is 13.2. The van der Waals surface area contributed by atoms with E-state index in [0.29, 0.717) is 17.3 Å². The third kappa shape index (κ3) is 3.68. The molecule has 0 radical (unpaired) electrons. The molecule has 2 heterocycles. The minimum absolute atomic E-state index is 0.112. The Morgan fingerprint density at radius 1 is 1.14 bits per heavy atom. The van der Waals surface area contributed by atoms with Crippen molar-refractivity contribution in [2.24, 2.45) is 17.3 Å². The molecule has 7 heteroatoms. The zero-order chi connectivity index (χ0) is 21.4. The van der Waals surface area contributed by atoms with E-state index in [-0.39, 0.29) is 18.8 Å². The minimum atomic E-state index is -1.56. The number of thiophene rings is 1. The molecule has 0 spiro atoms. The summed E-state index contributed by atoms with van der Waals surface area (Å²) in [5.41, 5.74) is 1.70. The third-order valence-electron chi connectivity index (χ3n) is 8.08. The van der Waals surface area contributed by atoms with Crippen LogP contribution in [0.25, 0.3) is 0 Å².